The first-order chi connectivity index (χ1) is 10.7. The van der Waals surface area contributed by atoms with E-state index in [1.807, 2.05) is 30.3 Å². The Morgan fingerprint density at radius 1 is 1.14 bits per heavy atom. The second kappa shape index (κ2) is 6.42. The highest BCUT2D eigenvalue weighted by atomic mass is 16.3. The van der Waals surface area contributed by atoms with Crippen molar-refractivity contribution >= 4 is 0 Å². The highest BCUT2D eigenvalue weighted by Crippen LogP contribution is 2.35. The number of nitrogens with zero attached hydrogens (tertiary/aromatic N) is 2. The predicted molar refractivity (Wildman–Crippen MR) is 88.2 cm³/mol. The number of aromatic hydroxyl groups is 1. The van der Waals surface area contributed by atoms with Crippen LogP contribution in [0.5, 0.6) is 5.88 Å². The Bertz CT molecular complexity index is 679. The summed E-state index contributed by atoms with van der Waals surface area (Å²) in [5, 5.41) is 10.8. The lowest BCUT2D eigenvalue weighted by Gasteiger charge is -2.22. The summed E-state index contributed by atoms with van der Waals surface area (Å²) < 4.78 is 3.37. The van der Waals surface area contributed by atoms with E-state index in [1.165, 1.54) is 6.42 Å². The van der Waals surface area contributed by atoms with Gasteiger partial charge in [-0.15, -0.1) is 0 Å². The Hall–Kier alpha value is -1.97. The first-order valence-electron chi connectivity index (χ1n) is 8.33. The molecule has 1 heterocycles. The maximum Gasteiger partial charge on any atom is 0.331 e. The van der Waals surface area contributed by atoms with E-state index in [0.29, 0.717) is 12.2 Å². The second-order valence-electron chi connectivity index (χ2n) is 6.13. The fraction of sp³-hybridized carbons (Fsp3) is 0.500. The van der Waals surface area contributed by atoms with E-state index in [0.717, 1.165) is 37.7 Å². The molecule has 1 aliphatic carbocycles. The third-order valence-electron chi connectivity index (χ3n) is 4.58. The maximum absolute atomic E-state index is 12.8. The molecular weight excluding hydrogens is 276 g/mol. The Balaban J connectivity index is 2.14. The average Bonchev–Trinajstić information content (AvgIpc) is 2.80. The lowest BCUT2D eigenvalue weighted by atomic mass is 9.95. The summed E-state index contributed by atoms with van der Waals surface area (Å²) >= 11 is 0. The molecule has 0 aliphatic heterocycles. The Morgan fingerprint density at radius 2 is 1.82 bits per heavy atom. The van der Waals surface area contributed by atoms with Gasteiger partial charge in [-0.1, -0.05) is 56.5 Å². The second-order valence-corrected chi connectivity index (χ2v) is 6.13. The fourth-order valence-electron chi connectivity index (χ4n) is 3.53. The van der Waals surface area contributed by atoms with Crippen LogP contribution < -0.4 is 5.69 Å². The number of benzene rings is 1. The van der Waals surface area contributed by atoms with Crippen molar-refractivity contribution in [1.82, 2.24) is 9.13 Å². The van der Waals surface area contributed by atoms with E-state index in [2.05, 4.69) is 6.92 Å². The average molecular weight is 300 g/mol. The predicted octanol–water partition coefficient (Wildman–Crippen LogP) is 3.94. The smallest absolute Gasteiger partial charge is 0.331 e. The van der Waals surface area contributed by atoms with Gasteiger partial charge in [0.2, 0.25) is 5.88 Å². The quantitative estimate of drug-likeness (QED) is 0.929. The summed E-state index contributed by atoms with van der Waals surface area (Å²) in [6.45, 7) is 2.69. The minimum Gasteiger partial charge on any atom is -0.493 e. The van der Waals surface area contributed by atoms with Crippen molar-refractivity contribution in [3.8, 4) is 17.1 Å². The molecule has 4 heteroatoms. The topological polar surface area (TPSA) is 47.2 Å². The van der Waals surface area contributed by atoms with Crippen LogP contribution in [0.2, 0.25) is 0 Å². The van der Waals surface area contributed by atoms with Gasteiger partial charge in [0, 0.05) is 18.2 Å². The molecule has 1 aromatic heterocycles. The zero-order valence-corrected chi connectivity index (χ0v) is 13.2. The molecule has 0 radical (unpaired) electrons. The largest absolute Gasteiger partial charge is 0.493 e. The van der Waals surface area contributed by atoms with Crippen LogP contribution >= 0.6 is 0 Å². The Morgan fingerprint density at radius 3 is 2.45 bits per heavy atom. The summed E-state index contributed by atoms with van der Waals surface area (Å²) in [6.07, 6.45) is 6.34. The lowest BCUT2D eigenvalue weighted by molar-refractivity contribution is 0.307. The number of hydrogen-bond acceptors (Lipinski definition) is 2. The van der Waals surface area contributed by atoms with Crippen molar-refractivity contribution in [3.63, 3.8) is 0 Å². The fourth-order valence-corrected chi connectivity index (χ4v) is 3.53. The van der Waals surface area contributed by atoms with E-state index >= 15 is 0 Å². The van der Waals surface area contributed by atoms with Gasteiger partial charge in [0.1, 0.15) is 5.69 Å². The van der Waals surface area contributed by atoms with Crippen LogP contribution in [0.1, 0.15) is 51.5 Å². The monoisotopic (exact) mass is 300 g/mol. The molecule has 1 aromatic carbocycles. The molecule has 0 unspecified atom stereocenters. The highest BCUT2D eigenvalue weighted by Gasteiger charge is 2.26. The SMILES string of the molecule is CCCn1c(-c2ccccc2)c(O)n(C2CCCCC2)c1=O. The van der Waals surface area contributed by atoms with Gasteiger partial charge in [0.25, 0.3) is 0 Å². The van der Waals surface area contributed by atoms with Gasteiger partial charge >= 0.3 is 5.69 Å². The molecule has 4 nitrogen and oxygen atoms in total. The van der Waals surface area contributed by atoms with Crippen molar-refractivity contribution < 1.29 is 5.11 Å². The third-order valence-corrected chi connectivity index (χ3v) is 4.58. The van der Waals surface area contributed by atoms with Crippen LogP contribution in [0.3, 0.4) is 0 Å². The van der Waals surface area contributed by atoms with E-state index in [4.69, 9.17) is 0 Å². The Labute approximate surface area is 131 Å². The summed E-state index contributed by atoms with van der Waals surface area (Å²) in [7, 11) is 0. The van der Waals surface area contributed by atoms with Crippen molar-refractivity contribution in [2.24, 2.45) is 0 Å². The van der Waals surface area contributed by atoms with Crippen molar-refractivity contribution in [3.05, 3.63) is 40.8 Å². The van der Waals surface area contributed by atoms with E-state index in [9.17, 15) is 9.90 Å². The van der Waals surface area contributed by atoms with Gasteiger partial charge in [-0.2, -0.15) is 0 Å². The first kappa shape index (κ1) is 14.9. The lowest BCUT2D eigenvalue weighted by Crippen LogP contribution is -2.28. The molecule has 3 rings (SSSR count). The molecule has 0 amide bonds. The molecule has 118 valence electrons. The molecule has 1 aliphatic rings. The van der Waals surface area contributed by atoms with Gasteiger partial charge < -0.3 is 5.11 Å². The third kappa shape index (κ3) is 2.58. The molecular formula is C18H24N2O2. The summed E-state index contributed by atoms with van der Waals surface area (Å²) in [5.41, 5.74) is 1.50. The van der Waals surface area contributed by atoms with Gasteiger partial charge in [0.05, 0.1) is 0 Å². The number of hydrogen-bond donors (Lipinski definition) is 1. The maximum atomic E-state index is 12.8. The van der Waals surface area contributed by atoms with Gasteiger partial charge in [-0.25, -0.2) is 4.79 Å². The zero-order valence-electron chi connectivity index (χ0n) is 13.2. The molecule has 2 aromatic rings. The molecule has 0 bridgehead atoms. The summed E-state index contributed by atoms with van der Waals surface area (Å²) in [4.78, 5) is 12.8. The molecule has 22 heavy (non-hydrogen) atoms. The zero-order chi connectivity index (χ0) is 15.5. The minimum absolute atomic E-state index is 0.0647. The molecule has 0 saturated heterocycles. The van der Waals surface area contributed by atoms with Crippen LogP contribution in [-0.2, 0) is 6.54 Å². The highest BCUT2D eigenvalue weighted by molar-refractivity contribution is 5.65. The van der Waals surface area contributed by atoms with Crippen molar-refractivity contribution in [1.29, 1.82) is 0 Å². The van der Waals surface area contributed by atoms with Gasteiger partial charge in [-0.05, 0) is 19.3 Å². The molecule has 1 saturated carbocycles. The van der Waals surface area contributed by atoms with Crippen LogP contribution in [0.15, 0.2) is 35.1 Å². The van der Waals surface area contributed by atoms with E-state index in [1.54, 1.807) is 9.13 Å². The van der Waals surface area contributed by atoms with Crippen LogP contribution in [0, 0.1) is 0 Å². The normalized spacial score (nSPS) is 16.0. The number of aromatic nitrogens is 2. The number of rotatable bonds is 4. The molecule has 0 atom stereocenters. The van der Waals surface area contributed by atoms with Crippen LogP contribution in [0.25, 0.3) is 11.3 Å². The van der Waals surface area contributed by atoms with Crippen molar-refractivity contribution in [2.75, 3.05) is 0 Å². The standard InChI is InChI=1S/C18H24N2O2/c1-2-13-19-16(14-9-5-3-6-10-14)17(21)20(18(19)22)15-11-7-4-8-12-15/h3,5-6,9-10,15,21H,2,4,7-8,11-13H2,1H3. The van der Waals surface area contributed by atoms with Crippen molar-refractivity contribution in [2.45, 2.75) is 58.0 Å². The minimum atomic E-state index is -0.0647. The first-order valence-corrected chi connectivity index (χ1v) is 8.33. The summed E-state index contributed by atoms with van der Waals surface area (Å²) in [6, 6.07) is 9.86. The van der Waals surface area contributed by atoms with Crippen LogP contribution in [0.4, 0.5) is 0 Å². The molecule has 1 fully saturated rings. The summed E-state index contributed by atoms with van der Waals surface area (Å²) in [5.74, 6) is 0.136. The molecule has 1 N–H and O–H groups in total. The van der Waals surface area contributed by atoms with Gasteiger partial charge in [0.15, 0.2) is 0 Å². The molecule has 0 spiro atoms. The van der Waals surface area contributed by atoms with Gasteiger partial charge in [-0.3, -0.25) is 9.13 Å². The van der Waals surface area contributed by atoms with E-state index in [-0.39, 0.29) is 17.6 Å². The van der Waals surface area contributed by atoms with E-state index < -0.39 is 0 Å². The Kier molecular flexibility index (Phi) is 4.36. The van der Waals surface area contributed by atoms with Crippen LogP contribution in [-0.4, -0.2) is 14.2 Å². The number of imidazole rings is 1.